The number of carbonyl (C=O) groups is 2. The molecule has 3 amide bonds. The summed E-state index contributed by atoms with van der Waals surface area (Å²) in [7, 11) is 3.01. The van der Waals surface area contributed by atoms with Crippen LogP contribution in [0.2, 0.25) is 0 Å². The summed E-state index contributed by atoms with van der Waals surface area (Å²) in [6, 6.07) is 26.8. The zero-order valence-electron chi connectivity index (χ0n) is 31.6. The van der Waals surface area contributed by atoms with Gasteiger partial charge in [0, 0.05) is 29.3 Å². The fourth-order valence-corrected chi connectivity index (χ4v) is 7.45. The van der Waals surface area contributed by atoms with Crippen molar-refractivity contribution in [3.05, 3.63) is 107 Å². The molecule has 2 aliphatic heterocycles. The van der Waals surface area contributed by atoms with Crippen molar-refractivity contribution in [3.63, 3.8) is 0 Å². The van der Waals surface area contributed by atoms with Crippen LogP contribution in [-0.4, -0.2) is 62.9 Å². The summed E-state index contributed by atoms with van der Waals surface area (Å²) in [5.74, 6) is 1.97. The van der Waals surface area contributed by atoms with Gasteiger partial charge in [-0.05, 0) is 86.9 Å². The number of para-hydroxylation sites is 1. The van der Waals surface area contributed by atoms with E-state index in [0.29, 0.717) is 40.5 Å². The van der Waals surface area contributed by atoms with Crippen LogP contribution in [0, 0.1) is 12.8 Å². The molecule has 2 bridgehead atoms. The summed E-state index contributed by atoms with van der Waals surface area (Å²) < 4.78 is 18.3. The first-order chi connectivity index (χ1) is 26.0. The molecule has 2 fully saturated rings. The van der Waals surface area contributed by atoms with Gasteiger partial charge in [0.25, 0.3) is 5.91 Å². The van der Waals surface area contributed by atoms with Crippen LogP contribution in [0.5, 0.6) is 23.5 Å². The van der Waals surface area contributed by atoms with E-state index >= 15 is 0 Å². The lowest BCUT2D eigenvalue weighted by atomic mass is 9.85. The average Bonchev–Trinajstić information content (AvgIpc) is 3.70. The van der Waals surface area contributed by atoms with Gasteiger partial charge in [0.05, 0.1) is 37.2 Å². The molecule has 5 aromatic rings. The Bertz CT molecular complexity index is 2090. The topological polar surface area (TPSA) is 133 Å². The molecular formula is C42H47N7O5. The maximum atomic E-state index is 14.1. The Morgan fingerprint density at radius 2 is 1.48 bits per heavy atom. The van der Waals surface area contributed by atoms with E-state index in [9.17, 15) is 9.59 Å². The van der Waals surface area contributed by atoms with Crippen molar-refractivity contribution in [1.82, 2.24) is 24.6 Å². The molecule has 2 saturated heterocycles. The van der Waals surface area contributed by atoms with E-state index in [1.165, 1.54) is 19.8 Å². The van der Waals surface area contributed by atoms with E-state index in [0.717, 1.165) is 49.0 Å². The molecule has 0 spiro atoms. The number of nitrogens with one attached hydrogen (secondary N) is 2. The van der Waals surface area contributed by atoms with Crippen molar-refractivity contribution in [1.29, 1.82) is 0 Å². The Kier molecular flexibility index (Phi) is 10.3. The van der Waals surface area contributed by atoms with Crippen molar-refractivity contribution in [2.45, 2.75) is 77.3 Å². The first-order valence-electron chi connectivity index (χ1n) is 18.4. The number of fused-ring (bicyclic) bond motifs is 2. The quantitative estimate of drug-likeness (QED) is 0.147. The molecule has 280 valence electrons. The fraction of sp³-hybridized carbons (Fsp3) is 0.357. The minimum Gasteiger partial charge on any atom is -0.481 e. The molecule has 3 aromatic carbocycles. The normalized spacial score (nSPS) is 17.9. The van der Waals surface area contributed by atoms with Gasteiger partial charge in [-0.1, -0.05) is 62.7 Å². The SMILES string of the molecule is COc1cc(OC)nc(Oc2ccccc2C(=O)N2C3CCC2CC(Cc2ccc(NC(=O)Nc4cc(C(C)(C)C)nn4-c4ccc(C)cc4)cc2)C3)n1. The van der Waals surface area contributed by atoms with Gasteiger partial charge >= 0.3 is 12.0 Å². The molecule has 2 atom stereocenters. The summed E-state index contributed by atoms with van der Waals surface area (Å²) >= 11 is 0. The molecule has 12 nitrogen and oxygen atoms in total. The Morgan fingerprint density at radius 3 is 2.11 bits per heavy atom. The van der Waals surface area contributed by atoms with Crippen LogP contribution in [0.25, 0.3) is 5.69 Å². The highest BCUT2D eigenvalue weighted by molar-refractivity contribution is 5.99. The lowest BCUT2D eigenvalue weighted by Gasteiger charge is -2.39. The predicted octanol–water partition coefficient (Wildman–Crippen LogP) is 8.35. The van der Waals surface area contributed by atoms with Crippen molar-refractivity contribution in [3.8, 4) is 29.2 Å². The van der Waals surface area contributed by atoms with E-state index in [-0.39, 0.29) is 35.4 Å². The standard InChI is InChI=1S/C42H47N7O5/c1-26-11-17-30(18-12-26)49-36(24-35(47-49)42(2,3)4)44-40(51)43-29-15-13-27(14-16-29)21-28-22-31-19-20-32(23-28)48(31)39(50)33-9-7-8-10-34(33)54-41-45-37(52-5)25-38(46-41)53-6/h7-18,24-25,28,31-32H,19-23H2,1-6H3,(H2,43,44,51). The number of aryl methyl sites for hydroxylation is 1. The number of nitrogens with zero attached hydrogens (tertiary/aromatic N) is 5. The van der Waals surface area contributed by atoms with Gasteiger partial charge < -0.3 is 24.4 Å². The first kappa shape index (κ1) is 36.4. The molecule has 0 radical (unpaired) electrons. The summed E-state index contributed by atoms with van der Waals surface area (Å²) in [5, 5.41) is 10.8. The highest BCUT2D eigenvalue weighted by atomic mass is 16.5. The maximum Gasteiger partial charge on any atom is 0.328 e. The van der Waals surface area contributed by atoms with Crippen LogP contribution in [0.1, 0.15) is 73.6 Å². The summed E-state index contributed by atoms with van der Waals surface area (Å²) in [6.45, 7) is 8.34. The van der Waals surface area contributed by atoms with Crippen LogP contribution in [-0.2, 0) is 11.8 Å². The smallest absolute Gasteiger partial charge is 0.328 e. The fourth-order valence-electron chi connectivity index (χ4n) is 7.45. The lowest BCUT2D eigenvalue weighted by molar-refractivity contribution is 0.0522. The molecule has 7 rings (SSSR count). The van der Waals surface area contributed by atoms with Crippen molar-refractivity contribution >= 4 is 23.4 Å². The second-order valence-electron chi connectivity index (χ2n) is 15.2. The Hall–Kier alpha value is -5.91. The number of rotatable bonds is 10. The molecular weight excluding hydrogens is 683 g/mol. The minimum atomic E-state index is -0.340. The number of benzene rings is 3. The lowest BCUT2D eigenvalue weighted by Crippen LogP contribution is -2.47. The highest BCUT2D eigenvalue weighted by Crippen LogP contribution is 2.42. The number of carbonyl (C=O) groups excluding carboxylic acids is 2. The molecule has 2 unspecified atom stereocenters. The number of ether oxygens (including phenoxy) is 3. The Labute approximate surface area is 315 Å². The molecule has 0 aliphatic carbocycles. The number of aromatic nitrogens is 4. The summed E-state index contributed by atoms with van der Waals surface area (Å²) in [4.78, 5) is 37.9. The third kappa shape index (κ3) is 8.02. The van der Waals surface area contributed by atoms with Crippen LogP contribution in [0.4, 0.5) is 16.3 Å². The zero-order valence-corrected chi connectivity index (χ0v) is 31.6. The van der Waals surface area contributed by atoms with Crippen LogP contribution in [0.3, 0.4) is 0 Å². The molecule has 4 heterocycles. The molecule has 2 N–H and O–H groups in total. The number of amides is 3. The summed E-state index contributed by atoms with van der Waals surface area (Å²) in [6.07, 6.45) is 4.71. The summed E-state index contributed by atoms with van der Waals surface area (Å²) in [5.41, 5.74) is 5.09. The Balaban J connectivity index is 0.972. The van der Waals surface area contributed by atoms with Crippen LogP contribution < -0.4 is 24.8 Å². The molecule has 2 aromatic heterocycles. The number of methoxy groups -OCH3 is 2. The molecule has 2 aliphatic rings. The molecule has 12 heteroatoms. The van der Waals surface area contributed by atoms with Gasteiger partial charge in [-0.3, -0.25) is 10.1 Å². The minimum absolute atomic E-state index is 0.0373. The predicted molar refractivity (Wildman–Crippen MR) is 207 cm³/mol. The monoisotopic (exact) mass is 729 g/mol. The largest absolute Gasteiger partial charge is 0.481 e. The third-order valence-electron chi connectivity index (χ3n) is 10.2. The second kappa shape index (κ2) is 15.2. The third-order valence-corrected chi connectivity index (χ3v) is 10.2. The van der Waals surface area contributed by atoms with Gasteiger partial charge in [0.15, 0.2) is 0 Å². The van der Waals surface area contributed by atoms with E-state index in [1.54, 1.807) is 22.9 Å². The number of hydrogen-bond acceptors (Lipinski definition) is 8. The van der Waals surface area contributed by atoms with Gasteiger partial charge in [0.1, 0.15) is 11.6 Å². The van der Waals surface area contributed by atoms with E-state index in [4.69, 9.17) is 19.3 Å². The van der Waals surface area contributed by atoms with Crippen molar-refractivity contribution in [2.24, 2.45) is 5.92 Å². The number of piperidine rings is 1. The zero-order chi connectivity index (χ0) is 38.0. The molecule has 54 heavy (non-hydrogen) atoms. The highest BCUT2D eigenvalue weighted by Gasteiger charge is 2.44. The Morgan fingerprint density at radius 1 is 0.833 bits per heavy atom. The van der Waals surface area contributed by atoms with Gasteiger partial charge in [-0.25, -0.2) is 9.48 Å². The number of urea groups is 1. The van der Waals surface area contributed by atoms with E-state index < -0.39 is 0 Å². The van der Waals surface area contributed by atoms with Gasteiger partial charge in [-0.15, -0.1) is 0 Å². The van der Waals surface area contributed by atoms with Crippen LogP contribution in [0.15, 0.2) is 84.9 Å². The van der Waals surface area contributed by atoms with E-state index in [2.05, 4.69) is 58.4 Å². The average molecular weight is 730 g/mol. The maximum absolute atomic E-state index is 14.1. The number of anilines is 2. The van der Waals surface area contributed by atoms with Crippen molar-refractivity contribution < 1.29 is 23.8 Å². The van der Waals surface area contributed by atoms with Crippen LogP contribution >= 0.6 is 0 Å². The van der Waals surface area contributed by atoms with E-state index in [1.807, 2.05) is 61.5 Å². The first-order valence-corrected chi connectivity index (χ1v) is 18.4. The molecule has 0 saturated carbocycles. The van der Waals surface area contributed by atoms with Gasteiger partial charge in [0.2, 0.25) is 11.8 Å². The second-order valence-corrected chi connectivity index (χ2v) is 15.2. The van der Waals surface area contributed by atoms with Gasteiger partial charge in [-0.2, -0.15) is 15.1 Å². The number of hydrogen-bond donors (Lipinski definition) is 2. The van der Waals surface area contributed by atoms with Crippen molar-refractivity contribution in [2.75, 3.05) is 24.9 Å².